The van der Waals surface area contributed by atoms with Gasteiger partial charge in [-0.2, -0.15) is 5.10 Å². The molecule has 40 heavy (non-hydrogen) atoms. The molecule has 1 amide bonds. The van der Waals surface area contributed by atoms with Gasteiger partial charge in [-0.15, -0.1) is 0 Å². The fourth-order valence-corrected chi connectivity index (χ4v) is 5.66. The lowest BCUT2D eigenvalue weighted by Gasteiger charge is -2.45. The Morgan fingerprint density at radius 3 is 2.73 bits per heavy atom. The molecule has 0 saturated carbocycles. The summed E-state index contributed by atoms with van der Waals surface area (Å²) in [5, 5.41) is 21.3. The average molecular weight is 548 g/mol. The van der Waals surface area contributed by atoms with Crippen LogP contribution in [0.25, 0.3) is 22.0 Å². The molecule has 0 aliphatic carbocycles. The first-order valence-electron chi connectivity index (χ1n) is 13.9. The molecule has 5 N–H and O–H groups in total. The van der Waals surface area contributed by atoms with Crippen LogP contribution in [0.4, 0.5) is 4.39 Å². The molecule has 2 aliphatic rings. The minimum absolute atomic E-state index is 0.133. The zero-order chi connectivity index (χ0) is 28.7. The number of likely N-dealkylation sites (N-methyl/N-ethyl adjacent to an activating group) is 1. The summed E-state index contributed by atoms with van der Waals surface area (Å²) in [6.45, 7) is 10.3. The molecule has 0 unspecified atom stereocenters. The number of aromatic amines is 1. The van der Waals surface area contributed by atoms with Crippen LogP contribution in [0, 0.1) is 5.82 Å². The summed E-state index contributed by atoms with van der Waals surface area (Å²) >= 11 is 0. The molecule has 1 fully saturated rings. The number of aromatic nitrogens is 2. The summed E-state index contributed by atoms with van der Waals surface area (Å²) in [6, 6.07) is 8.79. The Balaban J connectivity index is 1.43. The van der Waals surface area contributed by atoms with Gasteiger partial charge in [0.25, 0.3) is 0 Å². The van der Waals surface area contributed by atoms with Crippen LogP contribution in [-0.2, 0) is 11.2 Å². The third-order valence-electron chi connectivity index (χ3n) is 8.17. The summed E-state index contributed by atoms with van der Waals surface area (Å²) in [6.07, 6.45) is 1.14. The average Bonchev–Trinajstić information content (AvgIpc) is 3.33. The Labute approximate surface area is 233 Å². The van der Waals surface area contributed by atoms with Crippen LogP contribution >= 0.6 is 0 Å². The number of hydrogen-bond donors (Lipinski definition) is 4. The van der Waals surface area contributed by atoms with Crippen LogP contribution < -0.4 is 11.1 Å². The van der Waals surface area contributed by atoms with Crippen molar-refractivity contribution in [3.63, 3.8) is 0 Å². The molecule has 1 atom stereocenters. The number of carbonyl (C=O) groups is 1. The number of aryl methyl sites for hydroxylation is 1. The number of halogens is 1. The van der Waals surface area contributed by atoms with Gasteiger partial charge in [0, 0.05) is 49.2 Å². The minimum atomic E-state index is -0.658. The number of amides is 1. The van der Waals surface area contributed by atoms with E-state index in [1.807, 2.05) is 44.0 Å². The molecule has 212 valence electrons. The van der Waals surface area contributed by atoms with Gasteiger partial charge >= 0.3 is 0 Å². The van der Waals surface area contributed by atoms with Gasteiger partial charge in [0.15, 0.2) is 17.4 Å². The summed E-state index contributed by atoms with van der Waals surface area (Å²) in [5.74, 6) is -0.598. The number of aliphatic imine (C=N–C) groups is 1. The second kappa shape index (κ2) is 11.0. The zero-order valence-corrected chi connectivity index (χ0v) is 23.8. The van der Waals surface area contributed by atoms with E-state index < -0.39 is 5.82 Å². The second-order valence-corrected chi connectivity index (χ2v) is 11.1. The zero-order valence-electron chi connectivity index (χ0n) is 23.8. The second-order valence-electron chi connectivity index (χ2n) is 11.1. The van der Waals surface area contributed by atoms with Crippen molar-refractivity contribution >= 4 is 22.6 Å². The maximum absolute atomic E-state index is 14.2. The smallest absolute Gasteiger partial charge is 0.240 e. The fourth-order valence-electron chi connectivity index (χ4n) is 5.66. The molecule has 3 heterocycles. The minimum Gasteiger partial charge on any atom is -0.505 e. The summed E-state index contributed by atoms with van der Waals surface area (Å²) < 4.78 is 14.2. The third-order valence-corrected chi connectivity index (χ3v) is 8.17. The maximum Gasteiger partial charge on any atom is 0.240 e. The molecule has 1 aromatic heterocycles. The highest BCUT2D eigenvalue weighted by Crippen LogP contribution is 2.33. The number of benzene rings is 2. The fraction of sp³-hybridized carbons (Fsp3) is 0.433. The molecular formula is C30H38FN7O2. The van der Waals surface area contributed by atoms with Gasteiger partial charge in [-0.05, 0) is 80.8 Å². The molecule has 1 saturated heterocycles. The summed E-state index contributed by atoms with van der Waals surface area (Å²) in [4.78, 5) is 22.4. The SMILES string of the molecule is CCc1cc(O)c(F)cc1-c1ccc2c(/C(N)=N/C3=C(C)CN(C(C)C)[C@H](C(=O)N4CC(NC)C4)C3)n[nH]c2c1. The van der Waals surface area contributed by atoms with Gasteiger partial charge in [0.05, 0.1) is 11.6 Å². The summed E-state index contributed by atoms with van der Waals surface area (Å²) in [7, 11) is 1.92. The van der Waals surface area contributed by atoms with Crippen molar-refractivity contribution in [3.05, 3.63) is 58.7 Å². The van der Waals surface area contributed by atoms with Gasteiger partial charge in [-0.25, -0.2) is 9.38 Å². The number of nitrogens with two attached hydrogens (primary N) is 1. The lowest BCUT2D eigenvalue weighted by atomic mass is 9.95. The number of hydrogen-bond acceptors (Lipinski definition) is 6. The number of amidine groups is 1. The van der Waals surface area contributed by atoms with E-state index in [2.05, 4.69) is 34.3 Å². The van der Waals surface area contributed by atoms with Gasteiger partial charge in [0.1, 0.15) is 5.69 Å². The van der Waals surface area contributed by atoms with E-state index in [0.29, 0.717) is 36.7 Å². The number of nitrogens with one attached hydrogen (secondary N) is 2. The Hall–Kier alpha value is -3.76. The molecule has 3 aromatic rings. The molecule has 9 nitrogen and oxygen atoms in total. The highest BCUT2D eigenvalue weighted by molar-refractivity contribution is 6.07. The first-order valence-corrected chi connectivity index (χ1v) is 13.9. The van der Waals surface area contributed by atoms with E-state index in [4.69, 9.17) is 10.7 Å². The topological polar surface area (TPSA) is 123 Å². The first-order chi connectivity index (χ1) is 19.1. The van der Waals surface area contributed by atoms with Crippen LogP contribution in [0.3, 0.4) is 0 Å². The van der Waals surface area contributed by atoms with Crippen molar-refractivity contribution in [2.45, 2.75) is 58.7 Å². The van der Waals surface area contributed by atoms with E-state index in [0.717, 1.165) is 46.4 Å². The summed E-state index contributed by atoms with van der Waals surface area (Å²) in [5.41, 5.74) is 12.1. The van der Waals surface area contributed by atoms with Gasteiger partial charge in [0.2, 0.25) is 5.91 Å². The van der Waals surface area contributed by atoms with E-state index in [9.17, 15) is 14.3 Å². The highest BCUT2D eigenvalue weighted by Gasteiger charge is 2.39. The third kappa shape index (κ3) is 5.09. The number of likely N-dealkylation sites (tertiary alicyclic amines) is 1. The van der Waals surface area contributed by atoms with E-state index in [1.165, 1.54) is 12.1 Å². The molecule has 2 aromatic carbocycles. The normalized spacial score (nSPS) is 19.1. The maximum atomic E-state index is 14.2. The number of fused-ring (bicyclic) bond motifs is 1. The van der Waals surface area contributed by atoms with Crippen molar-refractivity contribution in [1.82, 2.24) is 25.3 Å². The Morgan fingerprint density at radius 1 is 1.30 bits per heavy atom. The van der Waals surface area contributed by atoms with E-state index >= 15 is 0 Å². The van der Waals surface area contributed by atoms with Crippen LogP contribution in [-0.4, -0.2) is 81.7 Å². The van der Waals surface area contributed by atoms with Gasteiger partial charge < -0.3 is 21.1 Å². The molecule has 0 spiro atoms. The Kier molecular flexibility index (Phi) is 7.65. The van der Waals surface area contributed by atoms with Crippen LogP contribution in [0.2, 0.25) is 0 Å². The predicted molar refractivity (Wildman–Crippen MR) is 156 cm³/mol. The lowest BCUT2D eigenvalue weighted by Crippen LogP contribution is -2.63. The first kappa shape index (κ1) is 27.8. The Morgan fingerprint density at radius 2 is 2.05 bits per heavy atom. The lowest BCUT2D eigenvalue weighted by molar-refractivity contribution is -0.142. The van der Waals surface area contributed by atoms with E-state index in [-0.39, 0.29) is 29.6 Å². The molecule has 0 bridgehead atoms. The van der Waals surface area contributed by atoms with Crippen molar-refractivity contribution in [1.29, 1.82) is 0 Å². The number of nitrogens with zero attached hydrogens (tertiary/aromatic N) is 4. The van der Waals surface area contributed by atoms with Crippen LogP contribution in [0.1, 0.15) is 45.4 Å². The molecule has 5 rings (SSSR count). The molecule has 2 aliphatic heterocycles. The standard InChI is InChI=1S/C30H38FN7O2/c1-6-18-10-27(39)23(31)11-22(18)19-7-8-21-25(9-19)35-36-28(21)29(32)34-24-12-26(38(16(2)3)13-17(24)4)30(40)37-14-20(15-37)33-5/h7-11,16,20,26,33,39H,6,12-15H2,1-5H3,(H2,32,34)(H,35,36)/t26-/m0/s1. The number of aromatic hydroxyl groups is 1. The van der Waals surface area contributed by atoms with Crippen LogP contribution in [0.5, 0.6) is 5.75 Å². The van der Waals surface area contributed by atoms with Gasteiger partial charge in [-0.3, -0.25) is 14.8 Å². The monoisotopic (exact) mass is 547 g/mol. The van der Waals surface area contributed by atoms with E-state index in [1.54, 1.807) is 0 Å². The number of H-pyrrole nitrogens is 1. The quantitative estimate of drug-likeness (QED) is 0.265. The number of phenols is 1. The number of carbonyl (C=O) groups excluding carboxylic acids is 1. The molecule has 10 heteroatoms. The largest absolute Gasteiger partial charge is 0.505 e. The molecular weight excluding hydrogens is 509 g/mol. The van der Waals surface area contributed by atoms with Crippen molar-refractivity contribution in [2.75, 3.05) is 26.7 Å². The Bertz CT molecular complexity index is 1500. The van der Waals surface area contributed by atoms with Gasteiger partial charge in [-0.1, -0.05) is 13.0 Å². The van der Waals surface area contributed by atoms with Crippen LogP contribution in [0.15, 0.2) is 46.6 Å². The molecule has 0 radical (unpaired) electrons. The number of rotatable bonds is 7. The van der Waals surface area contributed by atoms with Crippen molar-refractivity contribution in [3.8, 4) is 16.9 Å². The number of phenolic OH excluding ortho intramolecular Hbond substituents is 1. The predicted octanol–water partition coefficient (Wildman–Crippen LogP) is 3.53. The van der Waals surface area contributed by atoms with Crippen molar-refractivity contribution in [2.24, 2.45) is 10.7 Å². The highest BCUT2D eigenvalue weighted by atomic mass is 19.1. The van der Waals surface area contributed by atoms with Crippen molar-refractivity contribution < 1.29 is 14.3 Å².